The Morgan fingerprint density at radius 2 is 1.33 bits per heavy atom. The number of ether oxygens (including phenoxy) is 7. The maximum absolute atomic E-state index is 12.5. The minimum absolute atomic E-state index is 0.122. The molecular weight excluding hydrogens is 550 g/mol. The molecule has 226 valence electrons. The number of carbonyl (C=O) groups is 1. The normalized spacial score (nSPS) is 17.7. The van der Waals surface area contributed by atoms with E-state index in [1.165, 1.54) is 0 Å². The van der Waals surface area contributed by atoms with Crippen LogP contribution in [0.5, 0.6) is 23.0 Å². The predicted molar refractivity (Wildman–Crippen MR) is 163 cm³/mol. The second-order valence-corrected chi connectivity index (χ2v) is 10.7. The van der Waals surface area contributed by atoms with Gasteiger partial charge in [-0.2, -0.15) is 0 Å². The van der Waals surface area contributed by atoms with Gasteiger partial charge in [-0.3, -0.25) is 0 Å². The van der Waals surface area contributed by atoms with E-state index in [9.17, 15) is 4.79 Å². The maximum Gasteiger partial charge on any atom is 0.407 e. The first-order valence-electron chi connectivity index (χ1n) is 14.9. The molecule has 4 aromatic rings. The highest BCUT2D eigenvalue weighted by Gasteiger charge is 2.24. The van der Waals surface area contributed by atoms with Crippen molar-refractivity contribution in [3.05, 3.63) is 72.8 Å². The zero-order valence-corrected chi connectivity index (χ0v) is 24.3. The SMILES string of the molecule is CCCCNC(=O)OC(COc1ccc2c(OCC3CO3)cccc2c1)COc1ccc2c(OCC3CO3)cccc2c1. The van der Waals surface area contributed by atoms with E-state index in [0.717, 1.165) is 59.1 Å². The van der Waals surface area contributed by atoms with Crippen molar-refractivity contribution in [2.75, 3.05) is 46.2 Å². The lowest BCUT2D eigenvalue weighted by Gasteiger charge is -2.20. The van der Waals surface area contributed by atoms with E-state index in [0.29, 0.717) is 31.3 Å². The number of benzene rings is 4. The summed E-state index contributed by atoms with van der Waals surface area (Å²) in [4.78, 5) is 12.5. The number of hydrogen-bond donors (Lipinski definition) is 1. The molecule has 2 fully saturated rings. The molecule has 2 aliphatic heterocycles. The van der Waals surface area contributed by atoms with Crippen LogP contribution in [0.4, 0.5) is 4.79 Å². The Labute approximate surface area is 250 Å². The molecule has 2 unspecified atom stereocenters. The minimum atomic E-state index is -0.644. The molecule has 0 bridgehead atoms. The first-order valence-corrected chi connectivity index (χ1v) is 14.9. The zero-order chi connectivity index (χ0) is 29.4. The third-order valence-corrected chi connectivity index (χ3v) is 7.22. The number of hydrogen-bond acceptors (Lipinski definition) is 8. The minimum Gasteiger partial charge on any atom is -0.490 e. The van der Waals surface area contributed by atoms with E-state index in [2.05, 4.69) is 12.2 Å². The molecule has 9 heteroatoms. The molecule has 6 rings (SSSR count). The van der Waals surface area contributed by atoms with Gasteiger partial charge in [-0.25, -0.2) is 4.79 Å². The van der Waals surface area contributed by atoms with E-state index < -0.39 is 12.2 Å². The Bertz CT molecular complexity index is 1430. The van der Waals surface area contributed by atoms with Gasteiger partial charge in [0, 0.05) is 17.3 Å². The molecule has 2 atom stereocenters. The number of fused-ring (bicyclic) bond motifs is 2. The highest BCUT2D eigenvalue weighted by Crippen LogP contribution is 2.31. The molecular formula is C34H37NO8. The Morgan fingerprint density at radius 3 is 1.81 bits per heavy atom. The summed E-state index contributed by atoms with van der Waals surface area (Å²) in [6.07, 6.45) is 1.08. The van der Waals surface area contributed by atoms with E-state index in [1.54, 1.807) is 0 Å². The van der Waals surface area contributed by atoms with Crippen LogP contribution in [-0.4, -0.2) is 70.6 Å². The molecule has 4 aromatic carbocycles. The van der Waals surface area contributed by atoms with Crippen LogP contribution in [0.1, 0.15) is 19.8 Å². The highest BCUT2D eigenvalue weighted by atomic mass is 16.6. The lowest BCUT2D eigenvalue weighted by molar-refractivity contribution is 0.0356. The number of amides is 1. The van der Waals surface area contributed by atoms with E-state index >= 15 is 0 Å². The number of nitrogens with one attached hydrogen (secondary N) is 1. The fraction of sp³-hybridized carbons (Fsp3) is 0.382. The summed E-state index contributed by atoms with van der Waals surface area (Å²) >= 11 is 0. The van der Waals surface area contributed by atoms with Crippen molar-refractivity contribution in [3.8, 4) is 23.0 Å². The molecule has 1 N–H and O–H groups in total. The van der Waals surface area contributed by atoms with Crippen molar-refractivity contribution >= 4 is 27.6 Å². The average molecular weight is 588 g/mol. The van der Waals surface area contributed by atoms with Crippen LogP contribution in [0.2, 0.25) is 0 Å². The van der Waals surface area contributed by atoms with Crippen molar-refractivity contribution in [3.63, 3.8) is 0 Å². The molecule has 2 aliphatic rings. The van der Waals surface area contributed by atoms with E-state index in [-0.39, 0.29) is 25.4 Å². The first-order chi connectivity index (χ1) is 21.1. The van der Waals surface area contributed by atoms with Gasteiger partial charge in [-0.1, -0.05) is 37.6 Å². The monoisotopic (exact) mass is 587 g/mol. The van der Waals surface area contributed by atoms with Gasteiger partial charge in [0.15, 0.2) is 6.10 Å². The fourth-order valence-corrected chi connectivity index (χ4v) is 4.64. The van der Waals surface area contributed by atoms with Crippen LogP contribution in [-0.2, 0) is 14.2 Å². The number of alkyl carbamates (subject to hydrolysis) is 1. The summed E-state index contributed by atoms with van der Waals surface area (Å²) in [5.41, 5.74) is 0. The zero-order valence-electron chi connectivity index (χ0n) is 24.3. The number of rotatable bonds is 16. The van der Waals surface area contributed by atoms with Gasteiger partial charge in [0.2, 0.25) is 0 Å². The van der Waals surface area contributed by atoms with Crippen molar-refractivity contribution in [2.24, 2.45) is 0 Å². The summed E-state index contributed by atoms with van der Waals surface area (Å²) < 4.78 is 40.3. The summed E-state index contributed by atoms with van der Waals surface area (Å²) in [7, 11) is 0. The molecule has 2 saturated heterocycles. The smallest absolute Gasteiger partial charge is 0.407 e. The molecule has 0 aromatic heterocycles. The first kappa shape index (κ1) is 28.9. The largest absolute Gasteiger partial charge is 0.490 e. The van der Waals surface area contributed by atoms with Crippen molar-refractivity contribution in [1.82, 2.24) is 5.32 Å². The molecule has 2 heterocycles. The summed E-state index contributed by atoms with van der Waals surface area (Å²) in [5, 5.41) is 6.76. The van der Waals surface area contributed by atoms with Crippen molar-refractivity contribution in [2.45, 2.75) is 38.1 Å². The molecule has 9 nitrogen and oxygen atoms in total. The Morgan fingerprint density at radius 1 is 0.791 bits per heavy atom. The number of unbranched alkanes of at least 4 members (excludes halogenated alkanes) is 1. The lowest BCUT2D eigenvalue weighted by Crippen LogP contribution is -2.36. The van der Waals surface area contributed by atoms with E-state index in [4.69, 9.17) is 33.2 Å². The summed E-state index contributed by atoms with van der Waals surface area (Å²) in [5.74, 6) is 2.93. The molecule has 0 aliphatic carbocycles. The van der Waals surface area contributed by atoms with Crippen LogP contribution >= 0.6 is 0 Å². The van der Waals surface area contributed by atoms with Crippen molar-refractivity contribution in [1.29, 1.82) is 0 Å². The van der Waals surface area contributed by atoms with Gasteiger partial charge in [0.25, 0.3) is 0 Å². The van der Waals surface area contributed by atoms with Crippen LogP contribution in [0, 0.1) is 0 Å². The Hall–Kier alpha value is -4.21. The Kier molecular flexibility index (Phi) is 9.30. The maximum atomic E-state index is 12.5. The summed E-state index contributed by atoms with van der Waals surface area (Å²) in [6.45, 7) is 5.44. The topological polar surface area (TPSA) is 100 Å². The second kappa shape index (κ2) is 13.8. The van der Waals surface area contributed by atoms with Gasteiger partial charge in [0.1, 0.15) is 61.6 Å². The van der Waals surface area contributed by atoms with Crippen LogP contribution in [0.15, 0.2) is 72.8 Å². The quantitative estimate of drug-likeness (QED) is 0.128. The van der Waals surface area contributed by atoms with Gasteiger partial charge in [0.05, 0.1) is 13.2 Å². The lowest BCUT2D eigenvalue weighted by atomic mass is 10.1. The molecule has 0 saturated carbocycles. The van der Waals surface area contributed by atoms with Crippen LogP contribution in [0.3, 0.4) is 0 Å². The second-order valence-electron chi connectivity index (χ2n) is 10.7. The van der Waals surface area contributed by atoms with Gasteiger partial charge in [-0.15, -0.1) is 0 Å². The average Bonchev–Trinajstić information content (AvgIpc) is 3.96. The molecule has 1 amide bonds. The fourth-order valence-electron chi connectivity index (χ4n) is 4.64. The van der Waals surface area contributed by atoms with Gasteiger partial charge >= 0.3 is 6.09 Å². The highest BCUT2D eigenvalue weighted by molar-refractivity contribution is 5.90. The Balaban J connectivity index is 1.10. The van der Waals surface area contributed by atoms with Gasteiger partial charge in [-0.05, 0) is 65.7 Å². The standard InChI is InChI=1S/C34H37NO8/c1-2-3-14-35-34(36)43-29(21-37-25-10-12-30-23(15-25)6-4-8-32(30)41-19-27-17-39-27)22-38-26-11-13-31-24(16-26)7-5-9-33(31)42-20-28-18-40-28/h4-13,15-16,27-29H,2-3,14,17-22H2,1H3,(H,35,36). The number of carbonyl (C=O) groups excluding carboxylic acids is 1. The van der Waals surface area contributed by atoms with Gasteiger partial charge < -0.3 is 38.5 Å². The molecule has 0 spiro atoms. The third kappa shape index (κ3) is 8.21. The van der Waals surface area contributed by atoms with Crippen LogP contribution in [0.25, 0.3) is 21.5 Å². The number of epoxide rings is 2. The summed E-state index contributed by atoms with van der Waals surface area (Å²) in [6, 6.07) is 23.5. The van der Waals surface area contributed by atoms with Crippen LogP contribution < -0.4 is 24.3 Å². The van der Waals surface area contributed by atoms with E-state index in [1.807, 2.05) is 72.8 Å². The molecule has 43 heavy (non-hydrogen) atoms. The third-order valence-electron chi connectivity index (χ3n) is 7.22. The van der Waals surface area contributed by atoms with Crippen molar-refractivity contribution < 1.29 is 38.0 Å². The predicted octanol–water partition coefficient (Wildman–Crippen LogP) is 5.90. The molecule has 0 radical (unpaired) electrons.